The van der Waals surface area contributed by atoms with Gasteiger partial charge in [-0.25, -0.2) is 0 Å². The van der Waals surface area contributed by atoms with Crippen molar-refractivity contribution < 1.29 is 8.83 Å². The monoisotopic (exact) mass is 940 g/mol. The fourth-order valence-corrected chi connectivity index (χ4v) is 13.0. The highest BCUT2D eigenvalue weighted by Gasteiger charge is 2.49. The van der Waals surface area contributed by atoms with Crippen LogP contribution in [0.3, 0.4) is 0 Å². The van der Waals surface area contributed by atoms with Crippen molar-refractivity contribution >= 4 is 144 Å². The van der Waals surface area contributed by atoms with Gasteiger partial charge in [0, 0.05) is 43.8 Å². The van der Waals surface area contributed by atoms with Gasteiger partial charge in [0.2, 0.25) is 11.8 Å². The number of hydrogen-bond donors (Lipinski definition) is 0. The van der Waals surface area contributed by atoms with E-state index in [2.05, 4.69) is 239 Å². The Hall–Kier alpha value is -8.28. The van der Waals surface area contributed by atoms with Gasteiger partial charge < -0.3 is 8.83 Å². The van der Waals surface area contributed by atoms with Crippen molar-refractivity contribution in [2.24, 2.45) is 0 Å². The van der Waals surface area contributed by atoms with Crippen LogP contribution in [0.4, 0.5) is 34.5 Å². The minimum absolute atomic E-state index is 0.0514. The van der Waals surface area contributed by atoms with Gasteiger partial charge in [-0.05, 0) is 143 Å². The molecule has 73 heavy (non-hydrogen) atoms. The topological polar surface area (TPSA) is 32.8 Å². The van der Waals surface area contributed by atoms with Crippen LogP contribution < -0.4 is 26.2 Å². The Bertz CT molecular complexity index is 4140. The van der Waals surface area contributed by atoms with Crippen LogP contribution in [0.5, 0.6) is 0 Å². The Balaban J connectivity index is 1.12. The number of benzene rings is 11. The molecular formula is C68H53BN2O2. The molecule has 15 rings (SSSR count). The van der Waals surface area contributed by atoms with Crippen molar-refractivity contribution in [1.29, 1.82) is 0 Å². The molecule has 0 saturated carbocycles. The van der Waals surface area contributed by atoms with Crippen LogP contribution in [0.1, 0.15) is 65.5 Å². The molecule has 0 bridgehead atoms. The highest BCUT2D eigenvalue weighted by atomic mass is 16.4. The average molecular weight is 941 g/mol. The Morgan fingerprint density at radius 2 is 0.658 bits per heavy atom. The van der Waals surface area contributed by atoms with E-state index in [9.17, 15) is 0 Å². The third-order valence-corrected chi connectivity index (χ3v) is 17.5. The molecule has 2 aliphatic heterocycles. The lowest BCUT2D eigenvalue weighted by Crippen LogP contribution is -2.60. The number of rotatable bonds is 6. The van der Waals surface area contributed by atoms with E-state index in [-0.39, 0.29) is 17.5 Å². The van der Waals surface area contributed by atoms with Crippen molar-refractivity contribution in [2.75, 3.05) is 9.80 Å². The second-order valence-corrected chi connectivity index (χ2v) is 21.9. The SMILES string of the molecule is CCC(C)(C)c1ccc2oc3c(c2c1)B1c2c(cccc2N(c2cccc4c5ccccc5c5ccccc5c24)c2oc4ccc(C(C)(C)CC)cc4c21)N3c1cccc2c3ccccc3c3ccccc3c12. The number of nitrogens with zero attached hydrogens (tertiary/aromatic N) is 2. The van der Waals surface area contributed by atoms with Gasteiger partial charge in [0.25, 0.3) is 6.71 Å². The minimum Gasteiger partial charge on any atom is -0.440 e. The molecule has 0 spiro atoms. The van der Waals surface area contributed by atoms with Gasteiger partial charge in [-0.15, -0.1) is 0 Å². The first kappa shape index (κ1) is 42.4. The minimum atomic E-state index is -0.230. The van der Waals surface area contributed by atoms with Crippen LogP contribution in [-0.2, 0) is 10.8 Å². The van der Waals surface area contributed by atoms with Gasteiger partial charge in [0.15, 0.2) is 0 Å². The zero-order valence-electron chi connectivity index (χ0n) is 42.1. The molecule has 0 saturated heterocycles. The Morgan fingerprint density at radius 1 is 0.342 bits per heavy atom. The lowest BCUT2D eigenvalue weighted by Gasteiger charge is -2.41. The molecule has 11 aromatic carbocycles. The summed E-state index contributed by atoms with van der Waals surface area (Å²) in [6.45, 7) is 13.8. The predicted molar refractivity (Wildman–Crippen MR) is 312 cm³/mol. The van der Waals surface area contributed by atoms with E-state index >= 15 is 0 Å². The van der Waals surface area contributed by atoms with E-state index < -0.39 is 0 Å². The van der Waals surface area contributed by atoms with E-state index in [0.717, 1.165) is 69.3 Å². The van der Waals surface area contributed by atoms with Gasteiger partial charge in [0.05, 0.1) is 11.4 Å². The third-order valence-electron chi connectivity index (χ3n) is 17.5. The van der Waals surface area contributed by atoms with Crippen LogP contribution in [0.25, 0.3) is 86.6 Å². The molecule has 0 atom stereocenters. The van der Waals surface area contributed by atoms with Crippen molar-refractivity contribution in [3.63, 3.8) is 0 Å². The first-order valence-corrected chi connectivity index (χ1v) is 26.2. The molecule has 4 nitrogen and oxygen atoms in total. The van der Waals surface area contributed by atoms with Gasteiger partial charge >= 0.3 is 0 Å². The molecule has 0 radical (unpaired) electrons. The molecule has 350 valence electrons. The summed E-state index contributed by atoms with van der Waals surface area (Å²) in [7, 11) is 0. The predicted octanol–water partition coefficient (Wildman–Crippen LogP) is 17.6. The van der Waals surface area contributed by atoms with Gasteiger partial charge in [-0.1, -0.05) is 181 Å². The molecule has 0 fully saturated rings. The van der Waals surface area contributed by atoms with Gasteiger partial charge in [-0.3, -0.25) is 9.80 Å². The normalized spacial score (nSPS) is 13.6. The zero-order valence-corrected chi connectivity index (χ0v) is 42.1. The second-order valence-electron chi connectivity index (χ2n) is 21.9. The summed E-state index contributed by atoms with van der Waals surface area (Å²) in [6, 6.07) is 70.2. The first-order valence-electron chi connectivity index (χ1n) is 26.2. The summed E-state index contributed by atoms with van der Waals surface area (Å²) < 4.78 is 15.0. The fraction of sp³-hybridized carbons (Fsp3) is 0.147. The van der Waals surface area contributed by atoms with E-state index in [1.54, 1.807) is 0 Å². The molecule has 5 heteroatoms. The largest absolute Gasteiger partial charge is 0.440 e. The Kier molecular flexibility index (Phi) is 8.79. The molecular weight excluding hydrogens is 888 g/mol. The Labute approximate surface area is 425 Å². The molecule has 0 unspecified atom stereocenters. The summed E-state index contributed by atoms with van der Waals surface area (Å²) in [6.07, 6.45) is 2.02. The van der Waals surface area contributed by atoms with Gasteiger partial charge in [0.1, 0.15) is 11.2 Å². The summed E-state index contributed by atoms with van der Waals surface area (Å²) in [5, 5.41) is 17.0. The molecule has 0 N–H and O–H groups in total. The number of anilines is 6. The molecule has 2 aliphatic rings. The average Bonchev–Trinajstić information content (AvgIpc) is 4.02. The first-order chi connectivity index (χ1) is 35.6. The summed E-state index contributed by atoms with van der Waals surface area (Å²) >= 11 is 0. The highest BCUT2D eigenvalue weighted by molar-refractivity contribution is 7.02. The third kappa shape index (κ3) is 5.74. The zero-order chi connectivity index (χ0) is 49.1. The highest BCUT2D eigenvalue weighted by Crippen LogP contribution is 2.52. The number of furan rings is 2. The van der Waals surface area contributed by atoms with Crippen molar-refractivity contribution in [3.05, 3.63) is 199 Å². The lowest BCUT2D eigenvalue weighted by atomic mass is 9.33. The van der Waals surface area contributed by atoms with Crippen LogP contribution >= 0.6 is 0 Å². The van der Waals surface area contributed by atoms with Crippen LogP contribution in [0.2, 0.25) is 0 Å². The Morgan fingerprint density at radius 3 is 1.03 bits per heavy atom. The number of hydrogen-bond acceptors (Lipinski definition) is 4. The van der Waals surface area contributed by atoms with E-state index in [1.165, 1.54) is 92.2 Å². The fourth-order valence-electron chi connectivity index (χ4n) is 13.0. The summed E-state index contributed by atoms with van der Waals surface area (Å²) in [5.41, 5.74) is 12.2. The molecule has 0 amide bonds. The van der Waals surface area contributed by atoms with Crippen LogP contribution in [0.15, 0.2) is 197 Å². The quantitative estimate of drug-likeness (QED) is 0.123. The van der Waals surface area contributed by atoms with E-state index in [4.69, 9.17) is 8.83 Å². The van der Waals surface area contributed by atoms with E-state index in [1.807, 2.05) is 0 Å². The van der Waals surface area contributed by atoms with Crippen molar-refractivity contribution in [2.45, 2.75) is 65.2 Å². The molecule has 13 aromatic rings. The van der Waals surface area contributed by atoms with Crippen LogP contribution in [-0.4, -0.2) is 6.71 Å². The molecule has 2 aromatic heterocycles. The molecule has 4 heterocycles. The van der Waals surface area contributed by atoms with Crippen molar-refractivity contribution in [1.82, 2.24) is 0 Å². The summed E-state index contributed by atoms with van der Waals surface area (Å²) in [4.78, 5) is 4.95. The molecule has 0 aliphatic carbocycles. The van der Waals surface area contributed by atoms with Gasteiger partial charge in [-0.2, -0.15) is 0 Å². The maximum absolute atomic E-state index is 7.50. The summed E-state index contributed by atoms with van der Waals surface area (Å²) in [5.74, 6) is 1.70. The lowest BCUT2D eigenvalue weighted by molar-refractivity contribution is 0.506. The second kappa shape index (κ2) is 15.1. The standard InChI is InChI=1S/C68H53BN2O2/c1-7-67(3,4)40-34-36-58-52(38-40)62-65(72-58)70(54-30-17-28-50-46-22-11-9-20-42(46)44-24-13-15-26-48(44)60(50)54)56-32-19-33-57-64(56)69(62)63-53-39-41(68(5,6)8-2)35-37-59(53)73-66(63)71(57)55-31-18-29-51-47-23-12-10-21-43(47)45-25-14-16-27-49(45)61(51)55/h9-39H,7-8H2,1-6H3. The smallest absolute Gasteiger partial charge is 0.262 e. The maximum Gasteiger partial charge on any atom is 0.262 e. The number of fused-ring (bicyclic) bond motifs is 20. The van der Waals surface area contributed by atoms with Crippen LogP contribution in [0, 0.1) is 0 Å². The maximum atomic E-state index is 7.50. The van der Waals surface area contributed by atoms with E-state index in [0.29, 0.717) is 0 Å². The van der Waals surface area contributed by atoms with Crippen molar-refractivity contribution in [3.8, 4) is 0 Å².